The van der Waals surface area contributed by atoms with Crippen LogP contribution in [0, 0.1) is 11.8 Å². The lowest BCUT2D eigenvalue weighted by atomic mass is 9.86. The predicted octanol–water partition coefficient (Wildman–Crippen LogP) is 4.43. The Morgan fingerprint density at radius 2 is 1.95 bits per heavy atom. The predicted molar refractivity (Wildman–Crippen MR) is 150 cm³/mol. The number of hydrogen-bond donors (Lipinski definition) is 1. The first kappa shape index (κ1) is 25.6. The van der Waals surface area contributed by atoms with E-state index in [1.54, 1.807) is 7.11 Å². The summed E-state index contributed by atoms with van der Waals surface area (Å²) in [5.41, 5.74) is 4.17. The smallest absolute Gasteiger partial charge is 0.230 e. The number of amides is 1. The van der Waals surface area contributed by atoms with Crippen molar-refractivity contribution in [1.82, 2.24) is 9.88 Å². The van der Waals surface area contributed by atoms with Gasteiger partial charge >= 0.3 is 0 Å². The lowest BCUT2D eigenvalue weighted by molar-refractivity contribution is -0.124. The third-order valence-electron chi connectivity index (χ3n) is 8.87. The molecule has 8 heteroatoms. The molecular formula is C30H41N5O3. The van der Waals surface area contributed by atoms with E-state index in [2.05, 4.69) is 44.4 Å². The summed E-state index contributed by atoms with van der Waals surface area (Å²) in [4.78, 5) is 25.7. The third-order valence-corrected chi connectivity index (χ3v) is 8.87. The minimum atomic E-state index is 0.0315. The molecule has 1 amide bonds. The van der Waals surface area contributed by atoms with Crippen molar-refractivity contribution in [2.75, 3.05) is 68.2 Å². The van der Waals surface area contributed by atoms with Gasteiger partial charge in [-0.3, -0.25) is 9.69 Å². The van der Waals surface area contributed by atoms with Crippen LogP contribution in [0.1, 0.15) is 44.1 Å². The van der Waals surface area contributed by atoms with Crippen LogP contribution in [0.2, 0.25) is 0 Å². The maximum atomic E-state index is 14.0. The van der Waals surface area contributed by atoms with Crippen LogP contribution < -0.4 is 15.1 Å². The fourth-order valence-electron chi connectivity index (χ4n) is 6.67. The molecule has 2 saturated heterocycles. The number of ether oxygens (including phenoxy) is 2. The first-order chi connectivity index (χ1) is 18.7. The van der Waals surface area contributed by atoms with Crippen molar-refractivity contribution in [1.29, 1.82) is 0 Å². The number of piperidine rings is 1. The van der Waals surface area contributed by atoms with E-state index in [0.717, 1.165) is 94.4 Å². The second kappa shape index (κ2) is 11.6. The molecule has 1 unspecified atom stereocenters. The van der Waals surface area contributed by atoms with Gasteiger partial charge in [0, 0.05) is 63.2 Å². The Morgan fingerprint density at radius 1 is 1.11 bits per heavy atom. The van der Waals surface area contributed by atoms with Crippen molar-refractivity contribution in [3.8, 4) is 0 Å². The van der Waals surface area contributed by atoms with Gasteiger partial charge in [-0.05, 0) is 68.7 Å². The van der Waals surface area contributed by atoms with E-state index in [-0.39, 0.29) is 17.9 Å². The van der Waals surface area contributed by atoms with E-state index in [0.29, 0.717) is 12.5 Å². The molecule has 8 nitrogen and oxygen atoms in total. The fourth-order valence-corrected chi connectivity index (χ4v) is 6.67. The fraction of sp³-hybridized carbons (Fsp3) is 0.600. The lowest BCUT2D eigenvalue weighted by Gasteiger charge is -2.38. The molecule has 204 valence electrons. The van der Waals surface area contributed by atoms with E-state index in [4.69, 9.17) is 9.47 Å². The maximum Gasteiger partial charge on any atom is 0.230 e. The van der Waals surface area contributed by atoms with Crippen LogP contribution in [0.15, 0.2) is 36.5 Å². The van der Waals surface area contributed by atoms with Crippen LogP contribution >= 0.6 is 0 Å². The summed E-state index contributed by atoms with van der Waals surface area (Å²) >= 11 is 0. The van der Waals surface area contributed by atoms with Gasteiger partial charge in [0.15, 0.2) is 0 Å². The molecule has 3 aliphatic heterocycles. The average molecular weight is 520 g/mol. The summed E-state index contributed by atoms with van der Waals surface area (Å²) < 4.78 is 11.1. The number of anilines is 4. The number of aromatic nitrogens is 1. The molecule has 1 atom stereocenters. The number of morpholine rings is 1. The van der Waals surface area contributed by atoms with Crippen LogP contribution in [0.5, 0.6) is 0 Å². The molecule has 2 aromatic rings. The van der Waals surface area contributed by atoms with E-state index >= 15 is 0 Å². The van der Waals surface area contributed by atoms with Gasteiger partial charge in [-0.15, -0.1) is 0 Å². The van der Waals surface area contributed by atoms with Crippen molar-refractivity contribution in [2.24, 2.45) is 11.8 Å². The molecule has 1 saturated carbocycles. The highest BCUT2D eigenvalue weighted by Gasteiger charge is 2.33. The molecule has 1 aliphatic carbocycles. The van der Waals surface area contributed by atoms with Gasteiger partial charge < -0.3 is 24.6 Å². The third kappa shape index (κ3) is 5.53. The zero-order valence-electron chi connectivity index (χ0n) is 22.6. The summed E-state index contributed by atoms with van der Waals surface area (Å²) in [5, 5.41) is 3.54. The number of nitrogens with one attached hydrogen (secondary N) is 1. The number of carbonyl (C=O) groups is 1. The van der Waals surface area contributed by atoms with Crippen LogP contribution in [-0.4, -0.2) is 74.9 Å². The summed E-state index contributed by atoms with van der Waals surface area (Å²) in [7, 11) is 1.78. The van der Waals surface area contributed by atoms with Gasteiger partial charge in [0.05, 0.1) is 37.2 Å². The normalized spacial score (nSPS) is 26.2. The second-order valence-electron chi connectivity index (χ2n) is 11.3. The molecule has 1 N–H and O–H groups in total. The number of benzene rings is 1. The number of methoxy groups -OCH3 is 1. The zero-order valence-corrected chi connectivity index (χ0v) is 22.6. The van der Waals surface area contributed by atoms with Gasteiger partial charge in [0.25, 0.3) is 0 Å². The van der Waals surface area contributed by atoms with Gasteiger partial charge in [0.1, 0.15) is 5.82 Å². The SMILES string of the molecule is COC1CCC(C(=O)N2Cc3cccnc3Nc3ccc(N4CCCC(CN5CCOCC5)C4)cc32)CC1. The van der Waals surface area contributed by atoms with Crippen molar-refractivity contribution in [3.05, 3.63) is 42.1 Å². The number of hydrogen-bond acceptors (Lipinski definition) is 7. The minimum absolute atomic E-state index is 0.0315. The minimum Gasteiger partial charge on any atom is -0.381 e. The Morgan fingerprint density at radius 3 is 2.76 bits per heavy atom. The molecule has 1 aromatic heterocycles. The Kier molecular flexibility index (Phi) is 7.81. The molecular weight excluding hydrogens is 478 g/mol. The molecule has 0 bridgehead atoms. The Balaban J connectivity index is 1.25. The largest absolute Gasteiger partial charge is 0.381 e. The summed E-state index contributed by atoms with van der Waals surface area (Å²) in [6.07, 6.45) is 8.22. The van der Waals surface area contributed by atoms with Crippen molar-refractivity contribution in [2.45, 2.75) is 51.2 Å². The van der Waals surface area contributed by atoms with E-state index in [1.165, 1.54) is 18.5 Å². The van der Waals surface area contributed by atoms with Crippen molar-refractivity contribution < 1.29 is 14.3 Å². The molecule has 0 radical (unpaired) electrons. The molecule has 4 aliphatic rings. The quantitative estimate of drug-likeness (QED) is 0.627. The number of carbonyl (C=O) groups excluding carboxylic acids is 1. The van der Waals surface area contributed by atoms with Crippen molar-refractivity contribution in [3.63, 3.8) is 0 Å². The number of fused-ring (bicyclic) bond motifs is 2. The van der Waals surface area contributed by atoms with E-state index in [1.807, 2.05) is 17.2 Å². The van der Waals surface area contributed by atoms with Crippen LogP contribution in [0.4, 0.5) is 22.9 Å². The summed E-state index contributed by atoms with van der Waals surface area (Å²) in [6.45, 7) is 7.57. The highest BCUT2D eigenvalue weighted by molar-refractivity contribution is 6.00. The van der Waals surface area contributed by atoms with Crippen LogP contribution in [0.3, 0.4) is 0 Å². The Labute approximate surface area is 226 Å². The topological polar surface area (TPSA) is 70.2 Å². The van der Waals surface area contributed by atoms with Gasteiger partial charge in [-0.2, -0.15) is 0 Å². The number of pyridine rings is 1. The van der Waals surface area contributed by atoms with Gasteiger partial charge in [0.2, 0.25) is 5.91 Å². The maximum absolute atomic E-state index is 14.0. The number of rotatable bonds is 5. The first-order valence-electron chi connectivity index (χ1n) is 14.4. The lowest BCUT2D eigenvalue weighted by Crippen LogP contribution is -2.44. The Hall–Kier alpha value is -2.68. The molecule has 1 aromatic carbocycles. The first-order valence-corrected chi connectivity index (χ1v) is 14.4. The zero-order chi connectivity index (χ0) is 25.9. The van der Waals surface area contributed by atoms with Gasteiger partial charge in [-0.1, -0.05) is 6.07 Å². The second-order valence-corrected chi connectivity index (χ2v) is 11.3. The highest BCUT2D eigenvalue weighted by Crippen LogP contribution is 2.40. The van der Waals surface area contributed by atoms with Crippen molar-refractivity contribution >= 4 is 28.8 Å². The van der Waals surface area contributed by atoms with Crippen LogP contribution in [-0.2, 0) is 20.8 Å². The van der Waals surface area contributed by atoms with Crippen LogP contribution in [0.25, 0.3) is 0 Å². The highest BCUT2D eigenvalue weighted by atomic mass is 16.5. The molecule has 38 heavy (non-hydrogen) atoms. The molecule has 3 fully saturated rings. The molecule has 6 rings (SSSR count). The average Bonchev–Trinajstić information content (AvgIpc) is 3.14. The molecule has 4 heterocycles. The standard InChI is InChI=1S/C30H41N5O3/c1-37-26-9-6-23(7-10-26)30(36)35-21-24-5-2-12-31-29(24)32-27-11-8-25(18-28(27)35)34-13-3-4-22(20-34)19-33-14-16-38-17-15-33/h2,5,8,11-12,18,22-23,26H,3-4,6-7,9-10,13-17,19-21H2,1H3,(H,31,32). The Bertz CT molecular complexity index is 1110. The van der Waals surface area contributed by atoms with E-state index < -0.39 is 0 Å². The summed E-state index contributed by atoms with van der Waals surface area (Å²) in [6, 6.07) is 10.6. The molecule has 0 spiro atoms. The van der Waals surface area contributed by atoms with Gasteiger partial charge in [-0.25, -0.2) is 4.98 Å². The summed E-state index contributed by atoms with van der Waals surface area (Å²) in [5.74, 6) is 1.74. The monoisotopic (exact) mass is 519 g/mol. The van der Waals surface area contributed by atoms with E-state index in [9.17, 15) is 4.79 Å². The number of nitrogens with zero attached hydrogens (tertiary/aromatic N) is 4.